The van der Waals surface area contributed by atoms with E-state index < -0.39 is 11.9 Å². The molecule has 2 aromatic heterocycles. The van der Waals surface area contributed by atoms with Gasteiger partial charge in [0.05, 0.1) is 11.5 Å². The van der Waals surface area contributed by atoms with Crippen molar-refractivity contribution in [1.29, 1.82) is 0 Å². The average molecular weight is 540 g/mol. The second-order valence-corrected chi connectivity index (χ2v) is 10.3. The van der Waals surface area contributed by atoms with Crippen LogP contribution in [-0.2, 0) is 22.4 Å². The minimum absolute atomic E-state index is 0.0499. The van der Waals surface area contributed by atoms with Crippen molar-refractivity contribution in [2.75, 3.05) is 43.9 Å². The first kappa shape index (κ1) is 28.6. The summed E-state index contributed by atoms with van der Waals surface area (Å²) in [6.45, 7) is 6.81. The van der Waals surface area contributed by atoms with Gasteiger partial charge in [-0.05, 0) is 82.3 Å². The number of aryl methyl sites for hydroxylation is 2. The zero-order valence-corrected chi connectivity index (χ0v) is 23.1. The second-order valence-electron chi connectivity index (χ2n) is 10.3. The van der Waals surface area contributed by atoms with E-state index in [2.05, 4.69) is 32.7 Å². The largest absolute Gasteiger partial charge is 0.380 e. The van der Waals surface area contributed by atoms with Gasteiger partial charge in [0.25, 0.3) is 12.1 Å². The quantitative estimate of drug-likeness (QED) is 0.162. The lowest BCUT2D eigenvalue weighted by atomic mass is 10.1. The number of hydrogen-bond donors (Lipinski definition) is 3. The third kappa shape index (κ3) is 7.83. The van der Waals surface area contributed by atoms with E-state index in [-0.39, 0.29) is 17.7 Å². The number of pyridine rings is 1. The molecule has 0 aliphatic carbocycles. The Hall–Kier alpha value is -3.37. The molecule has 0 saturated heterocycles. The summed E-state index contributed by atoms with van der Waals surface area (Å²) in [6, 6.07) is 7.93. The lowest BCUT2D eigenvalue weighted by molar-refractivity contribution is -0.894. The van der Waals surface area contributed by atoms with Gasteiger partial charge in [0.1, 0.15) is 17.7 Å². The number of unbranched alkanes of at least 4 members (excludes halogenated alkanes) is 1. The Bertz CT molecular complexity index is 1270. The number of hydrogen-bond acceptors (Lipinski definition) is 8. The molecule has 1 aliphatic rings. The Labute approximate surface area is 229 Å². The van der Waals surface area contributed by atoms with Crippen LogP contribution in [0.5, 0.6) is 0 Å². The Morgan fingerprint density at radius 1 is 1.28 bits per heavy atom. The summed E-state index contributed by atoms with van der Waals surface area (Å²) in [6.07, 6.45) is 6.97. The van der Waals surface area contributed by atoms with Gasteiger partial charge in [0.15, 0.2) is 11.3 Å². The van der Waals surface area contributed by atoms with E-state index in [0.29, 0.717) is 23.9 Å². The second kappa shape index (κ2) is 13.6. The number of halogens is 1. The summed E-state index contributed by atoms with van der Waals surface area (Å²) in [7, 11) is 1.70. The van der Waals surface area contributed by atoms with E-state index in [1.807, 2.05) is 6.92 Å². The molecule has 0 radical (unpaired) electrons. The summed E-state index contributed by atoms with van der Waals surface area (Å²) in [5.41, 5.74) is 2.93. The van der Waals surface area contributed by atoms with Crippen LogP contribution in [0.4, 0.5) is 16.0 Å². The minimum Gasteiger partial charge on any atom is -0.380 e. The molecule has 0 amide bonds. The van der Waals surface area contributed by atoms with Gasteiger partial charge in [-0.1, -0.05) is 10.8 Å². The van der Waals surface area contributed by atoms with Crippen LogP contribution < -0.4 is 15.4 Å². The molecule has 0 fully saturated rings. The van der Waals surface area contributed by atoms with Gasteiger partial charge in [-0.3, -0.25) is 10.1 Å². The fourth-order valence-electron chi connectivity index (χ4n) is 4.99. The smallest absolute Gasteiger partial charge is 0.271 e. The van der Waals surface area contributed by atoms with Gasteiger partial charge >= 0.3 is 0 Å². The molecule has 1 aliphatic heterocycles. The van der Waals surface area contributed by atoms with Crippen LogP contribution in [0.25, 0.3) is 10.9 Å². The molecular weight excluding hydrogens is 499 g/mol. The maximum Gasteiger partial charge on any atom is 0.271 e. The number of anilines is 2. The van der Waals surface area contributed by atoms with E-state index in [4.69, 9.17) is 9.72 Å². The van der Waals surface area contributed by atoms with Gasteiger partial charge in [0, 0.05) is 38.9 Å². The first-order valence-electron chi connectivity index (χ1n) is 13.8. The van der Waals surface area contributed by atoms with Crippen LogP contribution >= 0.6 is 0 Å². The van der Waals surface area contributed by atoms with E-state index in [9.17, 15) is 14.4 Å². The zero-order chi connectivity index (χ0) is 27.8. The first-order chi connectivity index (χ1) is 18.8. The first-order valence-corrected chi connectivity index (χ1v) is 13.8. The molecule has 3 heterocycles. The zero-order valence-electron chi connectivity index (χ0n) is 23.1. The van der Waals surface area contributed by atoms with Crippen molar-refractivity contribution in [2.24, 2.45) is 0 Å². The fourth-order valence-corrected chi connectivity index (χ4v) is 4.99. The predicted molar refractivity (Wildman–Crippen MR) is 149 cm³/mol. The van der Waals surface area contributed by atoms with Crippen LogP contribution in [0.1, 0.15) is 50.8 Å². The standard InChI is InChI=1S/C29H39FN6O3/c1-20(39-3)18-35(15-5-4-8-24-11-9-22-7-6-14-31-28(22)33-24)16-13-26(21(2)37)34-29-25-17-23(30)10-12-27(25)32-19-36(29)38/h9-12,17,19-20,26,38H,4-8,13-16,18H2,1-3H3,(H,31,33)/p+1/t20-,26+/m1/s1. The molecule has 0 bridgehead atoms. The molecule has 210 valence electrons. The van der Waals surface area contributed by atoms with Crippen LogP contribution in [0.2, 0.25) is 0 Å². The topological polar surface area (TPSA) is 103 Å². The molecule has 0 spiro atoms. The van der Waals surface area contributed by atoms with Gasteiger partial charge in [-0.25, -0.2) is 9.37 Å². The lowest BCUT2D eigenvalue weighted by Gasteiger charge is -2.26. The maximum absolute atomic E-state index is 13.9. The van der Waals surface area contributed by atoms with E-state index in [1.165, 1.54) is 30.9 Å². The van der Waals surface area contributed by atoms with Crippen molar-refractivity contribution in [3.8, 4) is 0 Å². The van der Waals surface area contributed by atoms with Crippen LogP contribution in [0.15, 0.2) is 36.7 Å². The molecular formula is C29H40FN6O3+. The van der Waals surface area contributed by atoms with Crippen molar-refractivity contribution in [2.45, 2.75) is 64.5 Å². The number of aromatic nitrogens is 3. The van der Waals surface area contributed by atoms with Crippen LogP contribution in [0, 0.1) is 5.82 Å². The normalized spacial score (nSPS) is 14.6. The van der Waals surface area contributed by atoms with Crippen LogP contribution in [0.3, 0.4) is 0 Å². The number of fused-ring (bicyclic) bond motifs is 2. The van der Waals surface area contributed by atoms with Crippen molar-refractivity contribution in [3.63, 3.8) is 0 Å². The highest BCUT2D eigenvalue weighted by Gasteiger charge is 2.24. The Morgan fingerprint density at radius 3 is 2.92 bits per heavy atom. The van der Waals surface area contributed by atoms with E-state index in [0.717, 1.165) is 68.0 Å². The summed E-state index contributed by atoms with van der Waals surface area (Å²) in [4.78, 5) is 23.8. The molecule has 0 unspecified atom stereocenters. The van der Waals surface area contributed by atoms with E-state index >= 15 is 0 Å². The minimum atomic E-state index is -0.565. The Kier molecular flexibility index (Phi) is 10.00. The maximum atomic E-state index is 13.9. The molecule has 10 heteroatoms. The highest BCUT2D eigenvalue weighted by atomic mass is 19.1. The number of carbonyl (C=O) groups excluding carboxylic acids is 1. The van der Waals surface area contributed by atoms with Crippen LogP contribution in [-0.4, -0.2) is 71.3 Å². The third-order valence-electron chi connectivity index (χ3n) is 7.31. The summed E-state index contributed by atoms with van der Waals surface area (Å²) < 4.78 is 20.3. The number of ether oxygens (including phenoxy) is 1. The Morgan fingerprint density at radius 2 is 2.13 bits per heavy atom. The molecule has 1 aromatic carbocycles. The molecule has 3 aromatic rings. The third-order valence-corrected chi connectivity index (χ3v) is 7.31. The number of nitrogens with zero attached hydrogens (tertiary/aromatic N) is 4. The van der Waals surface area contributed by atoms with Gasteiger partial charge < -0.3 is 20.2 Å². The summed E-state index contributed by atoms with van der Waals surface area (Å²) >= 11 is 0. The van der Waals surface area contributed by atoms with Crippen molar-refractivity contribution < 1.29 is 23.9 Å². The molecule has 4 rings (SSSR count). The number of benzene rings is 1. The summed E-state index contributed by atoms with van der Waals surface area (Å²) in [5.74, 6) is 0.761. The summed E-state index contributed by atoms with van der Waals surface area (Å²) in [5, 5.41) is 17.3. The van der Waals surface area contributed by atoms with Gasteiger partial charge in [0.2, 0.25) is 0 Å². The number of carbonyl (C=O) groups is 1. The number of methoxy groups -OCH3 is 1. The number of rotatable bonds is 14. The van der Waals surface area contributed by atoms with Crippen molar-refractivity contribution in [3.05, 3.63) is 53.7 Å². The monoisotopic (exact) mass is 539 g/mol. The SMILES string of the molecule is CO[C@H](C)CN(CCCCc1ccc2c(n1)NCCC2)CC[C@H](Nc1c2cc(F)ccc2nc[n+]1O)C(C)=O. The van der Waals surface area contributed by atoms with E-state index in [1.54, 1.807) is 13.2 Å². The van der Waals surface area contributed by atoms with Crippen molar-refractivity contribution in [1.82, 2.24) is 14.9 Å². The highest BCUT2D eigenvalue weighted by molar-refractivity contribution is 5.90. The number of ketones is 1. The molecule has 2 atom stereocenters. The number of Topliss-reactive ketones (excluding diaryl/α,β-unsaturated/α-hetero) is 1. The van der Waals surface area contributed by atoms with Gasteiger partial charge in [-0.2, -0.15) is 0 Å². The molecule has 39 heavy (non-hydrogen) atoms. The van der Waals surface area contributed by atoms with Gasteiger partial charge in [-0.15, -0.1) is 4.98 Å². The average Bonchev–Trinajstić information content (AvgIpc) is 2.93. The highest BCUT2D eigenvalue weighted by Crippen LogP contribution is 2.22. The fraction of sp³-hybridized carbons (Fsp3) is 0.517. The molecule has 3 N–H and O–H groups in total. The lowest BCUT2D eigenvalue weighted by Crippen LogP contribution is -2.42. The van der Waals surface area contributed by atoms with Crippen molar-refractivity contribution >= 4 is 28.3 Å². The Balaban J connectivity index is 1.36. The molecule has 0 saturated carbocycles. The number of nitrogens with one attached hydrogen (secondary N) is 2. The predicted octanol–water partition coefficient (Wildman–Crippen LogP) is 3.77. The molecule has 9 nitrogen and oxygen atoms in total.